The first-order valence-corrected chi connectivity index (χ1v) is 10.5. The van der Waals surface area contributed by atoms with Gasteiger partial charge in [0.25, 0.3) is 5.91 Å². The van der Waals surface area contributed by atoms with E-state index in [-0.39, 0.29) is 12.1 Å². The molecule has 7 nitrogen and oxygen atoms in total. The lowest BCUT2D eigenvalue weighted by atomic mass is 10.1. The van der Waals surface area contributed by atoms with Gasteiger partial charge in [0.15, 0.2) is 5.69 Å². The molecule has 0 spiro atoms. The predicted molar refractivity (Wildman–Crippen MR) is 124 cm³/mol. The van der Waals surface area contributed by atoms with Crippen LogP contribution in [0, 0.1) is 0 Å². The number of carboxylic acids is 1. The summed E-state index contributed by atoms with van der Waals surface area (Å²) < 4.78 is 5.80. The summed E-state index contributed by atoms with van der Waals surface area (Å²) in [6, 6.07) is 27.0. The minimum absolute atomic E-state index is 0.119. The lowest BCUT2D eigenvalue weighted by molar-refractivity contribution is -0.139. The maximum Gasteiger partial charge on any atom is 0.326 e. The van der Waals surface area contributed by atoms with Crippen LogP contribution in [0.15, 0.2) is 91.0 Å². The molecule has 4 rings (SSSR count). The molecule has 7 heteroatoms. The van der Waals surface area contributed by atoms with Crippen molar-refractivity contribution >= 4 is 11.9 Å². The monoisotopic (exact) mass is 441 g/mol. The van der Waals surface area contributed by atoms with E-state index in [0.717, 1.165) is 22.4 Å². The largest absolute Gasteiger partial charge is 0.489 e. The van der Waals surface area contributed by atoms with Gasteiger partial charge in [-0.3, -0.25) is 9.89 Å². The molecule has 1 heterocycles. The number of carbonyl (C=O) groups excluding carboxylic acids is 1. The van der Waals surface area contributed by atoms with E-state index in [1.165, 1.54) is 0 Å². The lowest BCUT2D eigenvalue weighted by Crippen LogP contribution is -2.42. The number of amides is 1. The van der Waals surface area contributed by atoms with Gasteiger partial charge in [0.2, 0.25) is 0 Å². The van der Waals surface area contributed by atoms with Crippen LogP contribution in [0.4, 0.5) is 0 Å². The number of hydrogen-bond donors (Lipinski definition) is 3. The Balaban J connectivity index is 1.38. The van der Waals surface area contributed by atoms with Crippen molar-refractivity contribution in [3.8, 4) is 17.0 Å². The molecule has 0 saturated carbocycles. The smallest absolute Gasteiger partial charge is 0.326 e. The molecule has 0 aliphatic carbocycles. The Kier molecular flexibility index (Phi) is 6.80. The molecule has 0 aliphatic heterocycles. The number of carboxylic acid groups (broad SMARTS) is 1. The van der Waals surface area contributed by atoms with Crippen molar-refractivity contribution in [3.05, 3.63) is 108 Å². The third kappa shape index (κ3) is 5.86. The Morgan fingerprint density at radius 1 is 0.909 bits per heavy atom. The second-order valence-electron chi connectivity index (χ2n) is 7.52. The number of H-pyrrole nitrogens is 1. The molecule has 0 aliphatic rings. The van der Waals surface area contributed by atoms with Crippen LogP contribution in [-0.4, -0.2) is 33.2 Å². The highest BCUT2D eigenvalue weighted by molar-refractivity contribution is 5.95. The number of aromatic amines is 1. The summed E-state index contributed by atoms with van der Waals surface area (Å²) in [5, 5.41) is 18.9. The maximum atomic E-state index is 12.6. The van der Waals surface area contributed by atoms with Crippen molar-refractivity contribution in [3.63, 3.8) is 0 Å². The zero-order chi connectivity index (χ0) is 23.0. The highest BCUT2D eigenvalue weighted by Gasteiger charge is 2.22. The molecular weight excluding hydrogens is 418 g/mol. The number of benzene rings is 3. The first kappa shape index (κ1) is 21.8. The zero-order valence-corrected chi connectivity index (χ0v) is 17.8. The van der Waals surface area contributed by atoms with Gasteiger partial charge in [-0.25, -0.2) is 4.79 Å². The van der Waals surface area contributed by atoms with Gasteiger partial charge in [-0.2, -0.15) is 5.10 Å². The van der Waals surface area contributed by atoms with Gasteiger partial charge in [-0.05, 0) is 47.0 Å². The minimum Gasteiger partial charge on any atom is -0.489 e. The van der Waals surface area contributed by atoms with Crippen LogP contribution in [0.25, 0.3) is 11.3 Å². The number of hydrogen-bond acceptors (Lipinski definition) is 4. The normalized spacial score (nSPS) is 11.5. The van der Waals surface area contributed by atoms with Crippen LogP contribution in [0.3, 0.4) is 0 Å². The van der Waals surface area contributed by atoms with Gasteiger partial charge in [-0.15, -0.1) is 0 Å². The number of nitrogens with zero attached hydrogens (tertiary/aromatic N) is 1. The zero-order valence-electron chi connectivity index (χ0n) is 17.8. The van der Waals surface area contributed by atoms with E-state index in [1.807, 2.05) is 84.9 Å². The Morgan fingerprint density at radius 3 is 2.18 bits per heavy atom. The number of carbonyl (C=O) groups is 2. The minimum atomic E-state index is -1.10. The number of aromatic nitrogens is 2. The predicted octanol–water partition coefficient (Wildman–Crippen LogP) is 4.08. The summed E-state index contributed by atoms with van der Waals surface area (Å²) in [5.41, 5.74) is 3.49. The standard InChI is InChI=1S/C26H23N3O4/c30-25(27-24(26(31)32)15-18-7-3-1-4-8-18)23-16-22(28-29-23)20-11-13-21(14-12-20)33-17-19-9-5-2-6-10-19/h1-14,16,24H,15,17H2,(H,27,30)(H,28,29)(H,31,32). The van der Waals surface area contributed by atoms with Crippen molar-refractivity contribution in [2.45, 2.75) is 19.1 Å². The fourth-order valence-electron chi connectivity index (χ4n) is 3.34. The van der Waals surface area contributed by atoms with E-state index in [1.54, 1.807) is 6.07 Å². The lowest BCUT2D eigenvalue weighted by Gasteiger charge is -2.13. The number of rotatable bonds is 9. The molecule has 0 bridgehead atoms. The van der Waals surface area contributed by atoms with Crippen molar-refractivity contribution in [1.82, 2.24) is 15.5 Å². The van der Waals surface area contributed by atoms with Crippen LogP contribution < -0.4 is 10.1 Å². The van der Waals surface area contributed by atoms with E-state index in [4.69, 9.17) is 4.74 Å². The number of nitrogens with one attached hydrogen (secondary N) is 2. The third-order valence-electron chi connectivity index (χ3n) is 5.11. The highest BCUT2D eigenvalue weighted by atomic mass is 16.5. The summed E-state index contributed by atoms with van der Waals surface area (Å²) >= 11 is 0. The SMILES string of the molecule is O=C(NC(Cc1ccccc1)C(=O)O)c1cc(-c2ccc(OCc3ccccc3)cc2)[nH]n1. The van der Waals surface area contributed by atoms with E-state index < -0.39 is 17.9 Å². The first-order chi connectivity index (χ1) is 16.1. The molecule has 0 radical (unpaired) electrons. The van der Waals surface area contributed by atoms with Gasteiger partial charge < -0.3 is 15.2 Å². The van der Waals surface area contributed by atoms with Crippen molar-refractivity contribution in [1.29, 1.82) is 0 Å². The summed E-state index contributed by atoms with van der Waals surface area (Å²) in [6.07, 6.45) is 0.184. The topological polar surface area (TPSA) is 104 Å². The van der Waals surface area contributed by atoms with E-state index in [9.17, 15) is 14.7 Å². The Morgan fingerprint density at radius 2 is 1.55 bits per heavy atom. The van der Waals surface area contributed by atoms with E-state index >= 15 is 0 Å². The van der Waals surface area contributed by atoms with Crippen molar-refractivity contribution in [2.24, 2.45) is 0 Å². The fraction of sp³-hybridized carbons (Fsp3) is 0.115. The summed E-state index contributed by atoms with van der Waals surface area (Å²) in [4.78, 5) is 24.2. The fourth-order valence-corrected chi connectivity index (χ4v) is 3.34. The Bertz CT molecular complexity index is 1210. The molecule has 0 fully saturated rings. The quantitative estimate of drug-likeness (QED) is 0.363. The van der Waals surface area contributed by atoms with Gasteiger partial charge in [0.1, 0.15) is 18.4 Å². The molecule has 3 aromatic carbocycles. The van der Waals surface area contributed by atoms with Crippen molar-refractivity contribution < 1.29 is 19.4 Å². The van der Waals surface area contributed by atoms with Gasteiger partial charge in [0, 0.05) is 6.42 Å². The summed E-state index contributed by atoms with van der Waals surface area (Å²) in [5.74, 6) is -0.928. The van der Waals surface area contributed by atoms with Crippen molar-refractivity contribution in [2.75, 3.05) is 0 Å². The molecule has 1 amide bonds. The molecule has 166 valence electrons. The maximum absolute atomic E-state index is 12.6. The van der Waals surface area contributed by atoms with E-state index in [0.29, 0.717) is 12.3 Å². The van der Waals surface area contributed by atoms with Gasteiger partial charge in [0.05, 0.1) is 5.69 Å². The number of ether oxygens (including phenoxy) is 1. The average molecular weight is 441 g/mol. The summed E-state index contributed by atoms with van der Waals surface area (Å²) in [7, 11) is 0. The second-order valence-corrected chi connectivity index (χ2v) is 7.52. The Hall–Kier alpha value is -4.39. The van der Waals surface area contributed by atoms with Crippen LogP contribution in [-0.2, 0) is 17.8 Å². The first-order valence-electron chi connectivity index (χ1n) is 10.5. The van der Waals surface area contributed by atoms with Crippen LogP contribution >= 0.6 is 0 Å². The molecule has 0 saturated heterocycles. The average Bonchev–Trinajstić information content (AvgIpc) is 3.34. The second kappa shape index (κ2) is 10.3. The molecule has 33 heavy (non-hydrogen) atoms. The number of aliphatic carboxylic acids is 1. The van der Waals surface area contributed by atoms with Gasteiger partial charge >= 0.3 is 5.97 Å². The molecular formula is C26H23N3O4. The van der Waals surface area contributed by atoms with Crippen LogP contribution in [0.1, 0.15) is 21.6 Å². The molecule has 1 aromatic heterocycles. The van der Waals surface area contributed by atoms with E-state index in [2.05, 4.69) is 15.5 Å². The van der Waals surface area contributed by atoms with Gasteiger partial charge in [-0.1, -0.05) is 60.7 Å². The molecule has 3 N–H and O–H groups in total. The Labute approximate surface area is 191 Å². The highest BCUT2D eigenvalue weighted by Crippen LogP contribution is 2.22. The third-order valence-corrected chi connectivity index (χ3v) is 5.11. The molecule has 1 atom stereocenters. The van der Waals surface area contributed by atoms with Crippen LogP contribution in [0.2, 0.25) is 0 Å². The molecule has 1 unspecified atom stereocenters. The molecule has 4 aromatic rings. The van der Waals surface area contributed by atoms with Crippen LogP contribution in [0.5, 0.6) is 5.75 Å². The summed E-state index contributed by atoms with van der Waals surface area (Å²) in [6.45, 7) is 0.474.